The fourth-order valence-electron chi connectivity index (χ4n) is 1.03. The van der Waals surface area contributed by atoms with Gasteiger partial charge in [-0.1, -0.05) is 13.8 Å². The van der Waals surface area contributed by atoms with E-state index in [9.17, 15) is 4.79 Å². The number of rotatable bonds is 3. The summed E-state index contributed by atoms with van der Waals surface area (Å²) in [6.07, 6.45) is 1.60. The lowest BCUT2D eigenvalue weighted by molar-refractivity contribution is 0.0945. The standard InChI is InChI=1S/C9H13N3O2.C2H6/c1-6-4-7(8(10)12-5-6)9(14)11-2-3-13;1-2/h4-5,13H,2-3H2,1H3,(H2,10,12)(H,11,14);1-2H3. The van der Waals surface area contributed by atoms with Crippen molar-refractivity contribution in [2.24, 2.45) is 0 Å². The number of aliphatic hydroxyl groups excluding tert-OH is 1. The van der Waals surface area contributed by atoms with Crippen LogP contribution in [0.1, 0.15) is 29.8 Å². The van der Waals surface area contributed by atoms with E-state index in [2.05, 4.69) is 10.3 Å². The topological polar surface area (TPSA) is 88.2 Å². The Bertz CT molecular complexity index is 340. The van der Waals surface area contributed by atoms with Gasteiger partial charge in [-0.05, 0) is 18.6 Å². The molecule has 5 heteroatoms. The van der Waals surface area contributed by atoms with Crippen molar-refractivity contribution in [1.82, 2.24) is 10.3 Å². The monoisotopic (exact) mass is 225 g/mol. The molecule has 0 fully saturated rings. The number of amides is 1. The number of pyridine rings is 1. The van der Waals surface area contributed by atoms with Gasteiger partial charge in [-0.3, -0.25) is 4.79 Å². The Labute approximate surface area is 95.7 Å². The van der Waals surface area contributed by atoms with E-state index in [-0.39, 0.29) is 24.9 Å². The summed E-state index contributed by atoms with van der Waals surface area (Å²) in [4.78, 5) is 15.3. The number of nitrogens with two attached hydrogens (primary N) is 1. The minimum Gasteiger partial charge on any atom is -0.395 e. The van der Waals surface area contributed by atoms with Crippen LogP contribution in [0.2, 0.25) is 0 Å². The van der Waals surface area contributed by atoms with Crippen LogP contribution in [0.3, 0.4) is 0 Å². The van der Waals surface area contributed by atoms with E-state index in [1.165, 1.54) is 0 Å². The zero-order valence-electron chi connectivity index (χ0n) is 9.95. The van der Waals surface area contributed by atoms with Gasteiger partial charge < -0.3 is 16.2 Å². The Morgan fingerprint density at radius 2 is 2.19 bits per heavy atom. The van der Waals surface area contributed by atoms with E-state index in [1.807, 2.05) is 20.8 Å². The third kappa shape index (κ3) is 4.27. The summed E-state index contributed by atoms with van der Waals surface area (Å²) in [5, 5.41) is 11.0. The summed E-state index contributed by atoms with van der Waals surface area (Å²) in [7, 11) is 0. The average Bonchev–Trinajstić information content (AvgIpc) is 2.31. The van der Waals surface area contributed by atoms with Crippen LogP contribution in [-0.2, 0) is 0 Å². The second-order valence-electron chi connectivity index (χ2n) is 2.92. The molecule has 0 atom stereocenters. The summed E-state index contributed by atoms with van der Waals surface area (Å²) in [6, 6.07) is 1.66. The first-order chi connectivity index (χ1) is 7.65. The molecular weight excluding hydrogens is 206 g/mol. The molecule has 90 valence electrons. The molecule has 5 nitrogen and oxygen atoms in total. The number of nitrogen functional groups attached to an aromatic ring is 1. The maximum atomic E-state index is 11.4. The molecule has 1 rings (SSSR count). The number of hydrogen-bond donors (Lipinski definition) is 3. The number of aromatic nitrogens is 1. The number of nitrogens with one attached hydrogen (secondary N) is 1. The molecule has 0 aliphatic rings. The van der Waals surface area contributed by atoms with Crippen molar-refractivity contribution in [2.45, 2.75) is 20.8 Å². The molecule has 0 spiro atoms. The maximum absolute atomic E-state index is 11.4. The highest BCUT2D eigenvalue weighted by molar-refractivity contribution is 5.98. The van der Waals surface area contributed by atoms with Crippen molar-refractivity contribution in [1.29, 1.82) is 0 Å². The second-order valence-corrected chi connectivity index (χ2v) is 2.92. The van der Waals surface area contributed by atoms with Crippen LogP contribution in [-0.4, -0.2) is 29.1 Å². The largest absolute Gasteiger partial charge is 0.395 e. The van der Waals surface area contributed by atoms with Crippen molar-refractivity contribution in [2.75, 3.05) is 18.9 Å². The zero-order chi connectivity index (χ0) is 12.6. The van der Waals surface area contributed by atoms with Gasteiger partial charge in [0.25, 0.3) is 5.91 Å². The lowest BCUT2D eigenvalue weighted by Gasteiger charge is -2.05. The first-order valence-electron chi connectivity index (χ1n) is 5.26. The predicted molar refractivity (Wildman–Crippen MR) is 64.2 cm³/mol. The van der Waals surface area contributed by atoms with Gasteiger partial charge in [0.1, 0.15) is 5.82 Å². The van der Waals surface area contributed by atoms with Gasteiger partial charge in [0.05, 0.1) is 12.2 Å². The molecule has 16 heavy (non-hydrogen) atoms. The lowest BCUT2D eigenvalue weighted by Crippen LogP contribution is -2.27. The molecule has 1 aromatic heterocycles. The SMILES string of the molecule is CC.Cc1cnc(N)c(C(=O)NCCO)c1. The molecule has 1 amide bonds. The molecule has 0 aliphatic carbocycles. The predicted octanol–water partition coefficient (Wildman–Crippen LogP) is 0.721. The second kappa shape index (κ2) is 7.64. The normalized spacial score (nSPS) is 9.00. The van der Waals surface area contributed by atoms with Gasteiger partial charge in [0.15, 0.2) is 0 Å². The van der Waals surface area contributed by atoms with Gasteiger partial charge >= 0.3 is 0 Å². The van der Waals surface area contributed by atoms with Crippen LogP contribution in [0.4, 0.5) is 5.82 Å². The maximum Gasteiger partial charge on any atom is 0.255 e. The summed E-state index contributed by atoms with van der Waals surface area (Å²) in [5.74, 6) is -0.112. The van der Waals surface area contributed by atoms with Crippen LogP contribution in [0.15, 0.2) is 12.3 Å². The van der Waals surface area contributed by atoms with Crippen LogP contribution in [0.5, 0.6) is 0 Å². The molecule has 1 heterocycles. The van der Waals surface area contributed by atoms with E-state index >= 15 is 0 Å². The van der Waals surface area contributed by atoms with Crippen molar-refractivity contribution in [3.63, 3.8) is 0 Å². The zero-order valence-corrected chi connectivity index (χ0v) is 9.95. The number of carbonyl (C=O) groups excluding carboxylic acids is 1. The van der Waals surface area contributed by atoms with Crippen LogP contribution in [0.25, 0.3) is 0 Å². The Morgan fingerprint density at radius 3 is 2.75 bits per heavy atom. The first-order valence-corrected chi connectivity index (χ1v) is 5.26. The first kappa shape index (κ1) is 14.4. The van der Waals surface area contributed by atoms with Gasteiger partial charge in [-0.25, -0.2) is 4.98 Å². The third-order valence-electron chi connectivity index (χ3n) is 1.70. The molecule has 0 radical (unpaired) electrons. The summed E-state index contributed by atoms with van der Waals surface area (Å²) in [5.41, 5.74) is 6.74. The van der Waals surface area contributed by atoms with Crippen molar-refractivity contribution < 1.29 is 9.90 Å². The molecule has 1 aromatic rings. The number of anilines is 1. The number of carbonyl (C=O) groups is 1. The third-order valence-corrected chi connectivity index (χ3v) is 1.70. The Hall–Kier alpha value is -1.62. The Balaban J connectivity index is 0.00000106. The van der Waals surface area contributed by atoms with E-state index in [4.69, 9.17) is 10.8 Å². The minimum atomic E-state index is -0.312. The fraction of sp³-hybridized carbons (Fsp3) is 0.455. The molecule has 0 bridgehead atoms. The van der Waals surface area contributed by atoms with Crippen LogP contribution < -0.4 is 11.1 Å². The minimum absolute atomic E-state index is 0.0924. The van der Waals surface area contributed by atoms with Crippen molar-refractivity contribution in [3.05, 3.63) is 23.4 Å². The number of nitrogens with zero attached hydrogens (tertiary/aromatic N) is 1. The van der Waals surface area contributed by atoms with Crippen LogP contribution >= 0.6 is 0 Å². The molecule has 0 aliphatic heterocycles. The summed E-state index contributed by atoms with van der Waals surface area (Å²) in [6.45, 7) is 5.95. The van der Waals surface area contributed by atoms with Crippen molar-refractivity contribution in [3.8, 4) is 0 Å². The van der Waals surface area contributed by atoms with Gasteiger partial charge in [0, 0.05) is 12.7 Å². The quantitative estimate of drug-likeness (QED) is 0.707. The van der Waals surface area contributed by atoms with Gasteiger partial charge in [0.2, 0.25) is 0 Å². The number of hydrogen-bond acceptors (Lipinski definition) is 4. The molecule has 4 N–H and O–H groups in total. The van der Waals surface area contributed by atoms with Crippen LogP contribution in [0, 0.1) is 6.92 Å². The average molecular weight is 225 g/mol. The molecule has 0 saturated heterocycles. The van der Waals surface area contributed by atoms with E-state index in [0.29, 0.717) is 5.56 Å². The van der Waals surface area contributed by atoms with E-state index < -0.39 is 0 Å². The van der Waals surface area contributed by atoms with E-state index in [0.717, 1.165) is 5.56 Å². The van der Waals surface area contributed by atoms with E-state index in [1.54, 1.807) is 12.3 Å². The molecule has 0 aromatic carbocycles. The summed E-state index contributed by atoms with van der Waals surface area (Å²) >= 11 is 0. The molecule has 0 unspecified atom stereocenters. The highest BCUT2D eigenvalue weighted by Gasteiger charge is 2.09. The van der Waals surface area contributed by atoms with Gasteiger partial charge in [-0.2, -0.15) is 0 Å². The number of aliphatic hydroxyl groups is 1. The van der Waals surface area contributed by atoms with Crippen molar-refractivity contribution >= 4 is 11.7 Å². The Morgan fingerprint density at radius 1 is 1.56 bits per heavy atom. The lowest BCUT2D eigenvalue weighted by atomic mass is 10.2. The highest BCUT2D eigenvalue weighted by Crippen LogP contribution is 2.09. The number of aryl methyl sites for hydroxylation is 1. The van der Waals surface area contributed by atoms with Gasteiger partial charge in [-0.15, -0.1) is 0 Å². The molecular formula is C11H19N3O2. The molecule has 0 saturated carbocycles. The Kier molecular flexibility index (Phi) is 6.87. The highest BCUT2D eigenvalue weighted by atomic mass is 16.3. The summed E-state index contributed by atoms with van der Waals surface area (Å²) < 4.78 is 0. The smallest absolute Gasteiger partial charge is 0.255 e. The fourth-order valence-corrected chi connectivity index (χ4v) is 1.03.